The van der Waals surface area contributed by atoms with Gasteiger partial charge in [0.1, 0.15) is 18.1 Å². The van der Waals surface area contributed by atoms with Crippen LogP contribution < -0.4 is 10.1 Å². The number of benzene rings is 2. The Labute approximate surface area is 181 Å². The van der Waals surface area contributed by atoms with Crippen LogP contribution in [0, 0.1) is 10.1 Å². The minimum absolute atomic E-state index is 0.0712. The molecular weight excluding hydrogens is 519 g/mol. The molecule has 0 spiro atoms. The van der Waals surface area contributed by atoms with Crippen LogP contribution in [0.2, 0.25) is 5.02 Å². The Morgan fingerprint density at radius 2 is 1.89 bits per heavy atom. The summed E-state index contributed by atoms with van der Waals surface area (Å²) in [5.74, 6) is 0.590. The van der Waals surface area contributed by atoms with Crippen LogP contribution in [0.25, 0.3) is 0 Å². The lowest BCUT2D eigenvalue weighted by Gasteiger charge is -2.08. The Morgan fingerprint density at radius 1 is 1.18 bits per heavy atom. The van der Waals surface area contributed by atoms with Crippen molar-refractivity contribution in [2.24, 2.45) is 0 Å². The zero-order valence-electron chi connectivity index (χ0n) is 13.9. The van der Waals surface area contributed by atoms with E-state index in [1.807, 2.05) is 0 Å². The normalized spacial score (nSPS) is 10.5. The van der Waals surface area contributed by atoms with Gasteiger partial charge in [-0.25, -0.2) is 0 Å². The lowest BCUT2D eigenvalue weighted by Crippen LogP contribution is -2.12. The molecule has 0 bridgehead atoms. The van der Waals surface area contributed by atoms with Crippen molar-refractivity contribution < 1.29 is 18.9 Å². The molecule has 1 amide bonds. The zero-order valence-corrected chi connectivity index (χ0v) is 17.9. The highest BCUT2D eigenvalue weighted by Crippen LogP contribution is 2.35. The van der Waals surface area contributed by atoms with E-state index >= 15 is 0 Å². The molecule has 7 nitrogen and oxygen atoms in total. The predicted molar refractivity (Wildman–Crippen MR) is 111 cm³/mol. The molecule has 1 aromatic heterocycles. The lowest BCUT2D eigenvalue weighted by atomic mass is 10.2. The maximum atomic E-state index is 12.4. The van der Waals surface area contributed by atoms with Crippen LogP contribution in [0.3, 0.4) is 0 Å². The van der Waals surface area contributed by atoms with Gasteiger partial charge in [-0.05, 0) is 62.2 Å². The first kappa shape index (κ1) is 20.4. The van der Waals surface area contributed by atoms with E-state index in [1.165, 1.54) is 18.2 Å². The van der Waals surface area contributed by atoms with Gasteiger partial charge in [-0.3, -0.25) is 14.9 Å². The average molecular weight is 531 g/mol. The number of nitro benzene ring substituents is 1. The number of nitro groups is 1. The quantitative estimate of drug-likeness (QED) is 0.303. The third-order valence-electron chi connectivity index (χ3n) is 3.54. The number of halogens is 3. The molecule has 3 aromatic rings. The summed E-state index contributed by atoms with van der Waals surface area (Å²) in [6, 6.07) is 12.7. The second-order valence-electron chi connectivity index (χ2n) is 5.51. The maximum Gasteiger partial charge on any atom is 0.291 e. The van der Waals surface area contributed by atoms with Crippen LogP contribution in [-0.2, 0) is 6.61 Å². The fourth-order valence-corrected chi connectivity index (χ4v) is 3.79. The molecular formula is C18H11Br2ClN2O5. The summed E-state index contributed by atoms with van der Waals surface area (Å²) in [6.45, 7) is 0.124. The highest BCUT2D eigenvalue weighted by molar-refractivity contribution is 9.11. The largest absolute Gasteiger partial charge is 0.486 e. The highest BCUT2D eigenvalue weighted by atomic mass is 79.9. The molecule has 0 saturated heterocycles. The van der Waals surface area contributed by atoms with Gasteiger partial charge >= 0.3 is 0 Å². The van der Waals surface area contributed by atoms with Crippen LogP contribution in [0.1, 0.15) is 16.3 Å². The van der Waals surface area contributed by atoms with Crippen molar-refractivity contribution >= 4 is 60.7 Å². The molecule has 10 heteroatoms. The van der Waals surface area contributed by atoms with Gasteiger partial charge in [0.25, 0.3) is 11.6 Å². The van der Waals surface area contributed by atoms with Crippen LogP contribution in [0.4, 0.5) is 11.4 Å². The molecule has 0 atom stereocenters. The van der Waals surface area contributed by atoms with E-state index in [9.17, 15) is 14.9 Å². The molecule has 144 valence electrons. The third kappa shape index (κ3) is 4.92. The topological polar surface area (TPSA) is 94.6 Å². The van der Waals surface area contributed by atoms with Crippen molar-refractivity contribution in [3.05, 3.63) is 84.1 Å². The number of non-ortho nitro benzene ring substituents is 1. The van der Waals surface area contributed by atoms with E-state index in [-0.39, 0.29) is 18.1 Å². The number of carbonyl (C=O) groups is 1. The second-order valence-corrected chi connectivity index (χ2v) is 7.65. The van der Waals surface area contributed by atoms with E-state index in [1.54, 1.807) is 30.3 Å². The van der Waals surface area contributed by atoms with Crippen LogP contribution in [-0.4, -0.2) is 10.8 Å². The molecule has 1 heterocycles. The van der Waals surface area contributed by atoms with Crippen molar-refractivity contribution in [3.8, 4) is 5.75 Å². The van der Waals surface area contributed by atoms with Crippen molar-refractivity contribution in [1.82, 2.24) is 0 Å². The maximum absolute atomic E-state index is 12.4. The molecule has 0 aliphatic rings. The summed E-state index contributed by atoms with van der Waals surface area (Å²) in [4.78, 5) is 22.8. The zero-order chi connectivity index (χ0) is 20.3. The number of ether oxygens (including phenoxy) is 1. The number of amides is 1. The van der Waals surface area contributed by atoms with Crippen LogP contribution in [0.5, 0.6) is 5.75 Å². The molecule has 3 rings (SSSR count). The van der Waals surface area contributed by atoms with Gasteiger partial charge in [0, 0.05) is 26.1 Å². The average Bonchev–Trinajstić information content (AvgIpc) is 3.12. The summed E-state index contributed by atoms with van der Waals surface area (Å²) in [6.07, 6.45) is 0. The smallest absolute Gasteiger partial charge is 0.291 e. The van der Waals surface area contributed by atoms with Gasteiger partial charge in [-0.1, -0.05) is 17.7 Å². The van der Waals surface area contributed by atoms with Gasteiger partial charge in [-0.2, -0.15) is 0 Å². The number of nitrogens with one attached hydrogen (secondary N) is 1. The highest BCUT2D eigenvalue weighted by Gasteiger charge is 2.18. The molecule has 1 N–H and O–H groups in total. The van der Waals surface area contributed by atoms with Crippen LogP contribution >= 0.6 is 43.5 Å². The number of nitrogens with zero attached hydrogens (tertiary/aromatic N) is 1. The lowest BCUT2D eigenvalue weighted by molar-refractivity contribution is -0.385. The van der Waals surface area contributed by atoms with E-state index in [0.29, 0.717) is 31.2 Å². The molecule has 0 unspecified atom stereocenters. The standard InChI is InChI=1S/C18H11Br2ClN2O5/c19-14-7-11(23(25)26)8-15(20)17(14)22-18(24)16-5-4-13(28-16)9-27-12-3-1-2-10(21)6-12/h1-8H,9H2,(H,22,24). The minimum Gasteiger partial charge on any atom is -0.486 e. The fourth-order valence-electron chi connectivity index (χ4n) is 2.25. The first-order valence-electron chi connectivity index (χ1n) is 7.75. The van der Waals surface area contributed by atoms with Gasteiger partial charge in [-0.15, -0.1) is 0 Å². The summed E-state index contributed by atoms with van der Waals surface area (Å²) in [5, 5.41) is 14.1. The van der Waals surface area contributed by atoms with Crippen LogP contribution in [0.15, 0.2) is 61.9 Å². The number of anilines is 1. The van der Waals surface area contributed by atoms with Gasteiger partial charge in [0.15, 0.2) is 5.76 Å². The van der Waals surface area contributed by atoms with E-state index in [0.717, 1.165) is 0 Å². The van der Waals surface area contributed by atoms with Gasteiger partial charge in [0.05, 0.1) is 10.6 Å². The number of carbonyl (C=O) groups excluding carboxylic acids is 1. The summed E-state index contributed by atoms with van der Waals surface area (Å²) in [7, 11) is 0. The number of rotatable bonds is 6. The Morgan fingerprint density at radius 3 is 2.54 bits per heavy atom. The summed E-state index contributed by atoms with van der Waals surface area (Å²) >= 11 is 12.3. The predicted octanol–water partition coefficient (Wildman–Crippen LogP) is 6.20. The van der Waals surface area contributed by atoms with E-state index in [4.69, 9.17) is 20.8 Å². The van der Waals surface area contributed by atoms with E-state index < -0.39 is 10.8 Å². The molecule has 2 aromatic carbocycles. The molecule has 0 radical (unpaired) electrons. The van der Waals surface area contributed by atoms with Crippen molar-refractivity contribution in [2.45, 2.75) is 6.61 Å². The van der Waals surface area contributed by atoms with Crippen molar-refractivity contribution in [2.75, 3.05) is 5.32 Å². The first-order chi connectivity index (χ1) is 13.3. The van der Waals surface area contributed by atoms with Crippen molar-refractivity contribution in [1.29, 1.82) is 0 Å². The minimum atomic E-state index is -0.528. The Hall–Kier alpha value is -2.36. The summed E-state index contributed by atoms with van der Waals surface area (Å²) in [5.41, 5.74) is 0.235. The van der Waals surface area contributed by atoms with Gasteiger partial charge in [0.2, 0.25) is 0 Å². The fraction of sp³-hybridized carbons (Fsp3) is 0.0556. The van der Waals surface area contributed by atoms with E-state index in [2.05, 4.69) is 37.2 Å². The molecule has 0 saturated carbocycles. The third-order valence-corrected chi connectivity index (χ3v) is 5.02. The number of furan rings is 1. The monoisotopic (exact) mass is 528 g/mol. The Bertz CT molecular complexity index is 1030. The number of hydrogen-bond donors (Lipinski definition) is 1. The Kier molecular flexibility index (Phi) is 6.38. The molecule has 0 fully saturated rings. The second kappa shape index (κ2) is 8.76. The summed E-state index contributed by atoms with van der Waals surface area (Å²) < 4.78 is 11.8. The molecule has 28 heavy (non-hydrogen) atoms. The molecule has 0 aliphatic heterocycles. The SMILES string of the molecule is O=C(Nc1c(Br)cc([N+](=O)[O-])cc1Br)c1ccc(COc2cccc(Cl)c2)o1. The Balaban J connectivity index is 1.68. The number of hydrogen-bond acceptors (Lipinski definition) is 5. The molecule has 0 aliphatic carbocycles. The first-order valence-corrected chi connectivity index (χ1v) is 9.72. The van der Waals surface area contributed by atoms with Gasteiger partial charge < -0.3 is 14.5 Å². The van der Waals surface area contributed by atoms with Crippen molar-refractivity contribution in [3.63, 3.8) is 0 Å².